The first kappa shape index (κ1) is 8.52. The molecule has 2 saturated heterocycles. The molecule has 2 fully saturated rings. The van der Waals surface area contributed by atoms with Crippen molar-refractivity contribution in [2.75, 3.05) is 13.2 Å². The fourth-order valence-corrected chi connectivity index (χ4v) is 2.62. The Morgan fingerprint density at radius 3 is 3.00 bits per heavy atom. The number of nitrogens with one attached hydrogen (secondary N) is 1. The molecule has 2 rings (SSSR count). The molecule has 0 spiro atoms. The van der Waals surface area contributed by atoms with Crippen LogP contribution in [0.2, 0.25) is 0 Å². The highest BCUT2D eigenvalue weighted by Gasteiger charge is 2.34. The number of rotatable bonds is 2. The highest BCUT2D eigenvalue weighted by Crippen LogP contribution is 2.29. The molecule has 0 aromatic carbocycles. The van der Waals surface area contributed by atoms with E-state index in [4.69, 9.17) is 4.74 Å². The minimum absolute atomic E-state index is 0.542. The Labute approximate surface area is 74.7 Å². The van der Waals surface area contributed by atoms with E-state index in [-0.39, 0.29) is 0 Å². The molecule has 2 aliphatic rings. The van der Waals surface area contributed by atoms with Crippen LogP contribution in [0.15, 0.2) is 0 Å². The lowest BCUT2D eigenvalue weighted by atomic mass is 9.90. The summed E-state index contributed by atoms with van der Waals surface area (Å²) < 4.78 is 5.69. The Morgan fingerprint density at radius 1 is 1.42 bits per heavy atom. The van der Waals surface area contributed by atoms with E-state index >= 15 is 0 Å². The molecular weight excluding hydrogens is 150 g/mol. The zero-order valence-corrected chi connectivity index (χ0v) is 7.88. The van der Waals surface area contributed by atoms with Gasteiger partial charge in [0.1, 0.15) is 0 Å². The molecule has 70 valence electrons. The zero-order chi connectivity index (χ0) is 8.39. The molecule has 0 bridgehead atoms. The summed E-state index contributed by atoms with van der Waals surface area (Å²) in [6.45, 7) is 4.44. The summed E-state index contributed by atoms with van der Waals surface area (Å²) >= 11 is 0. The van der Waals surface area contributed by atoms with E-state index in [0.29, 0.717) is 6.10 Å². The van der Waals surface area contributed by atoms with Gasteiger partial charge in [-0.2, -0.15) is 0 Å². The van der Waals surface area contributed by atoms with Gasteiger partial charge in [-0.25, -0.2) is 0 Å². The Morgan fingerprint density at radius 2 is 2.33 bits per heavy atom. The van der Waals surface area contributed by atoms with Crippen LogP contribution in [-0.4, -0.2) is 25.3 Å². The van der Waals surface area contributed by atoms with Crippen molar-refractivity contribution in [3.8, 4) is 0 Å². The van der Waals surface area contributed by atoms with Crippen molar-refractivity contribution in [3.63, 3.8) is 0 Å². The largest absolute Gasteiger partial charge is 0.378 e. The fourth-order valence-electron chi connectivity index (χ4n) is 2.62. The second-order valence-corrected chi connectivity index (χ2v) is 3.97. The minimum Gasteiger partial charge on any atom is -0.378 e. The maximum atomic E-state index is 5.69. The summed E-state index contributed by atoms with van der Waals surface area (Å²) in [6.07, 6.45) is 5.72. The van der Waals surface area contributed by atoms with Gasteiger partial charge >= 0.3 is 0 Å². The first-order valence-corrected chi connectivity index (χ1v) is 5.27. The maximum Gasteiger partial charge on any atom is 0.0616 e. The molecule has 0 aromatic rings. The maximum absolute atomic E-state index is 5.69. The van der Waals surface area contributed by atoms with Gasteiger partial charge in [0.15, 0.2) is 0 Å². The molecule has 3 unspecified atom stereocenters. The van der Waals surface area contributed by atoms with Crippen LogP contribution >= 0.6 is 0 Å². The lowest BCUT2D eigenvalue weighted by molar-refractivity contribution is 0.0795. The van der Waals surface area contributed by atoms with Gasteiger partial charge in [0.2, 0.25) is 0 Å². The SMILES string of the molecule is CCC1OCCC1C1CCCN1. The molecule has 1 N–H and O–H groups in total. The predicted octanol–water partition coefficient (Wildman–Crippen LogP) is 1.55. The second-order valence-electron chi connectivity index (χ2n) is 3.97. The van der Waals surface area contributed by atoms with Crippen LogP contribution in [0.4, 0.5) is 0 Å². The van der Waals surface area contributed by atoms with Gasteiger partial charge in [0.25, 0.3) is 0 Å². The minimum atomic E-state index is 0.542. The van der Waals surface area contributed by atoms with Crippen LogP contribution < -0.4 is 5.32 Å². The smallest absolute Gasteiger partial charge is 0.0616 e. The molecule has 2 nitrogen and oxygen atoms in total. The Bertz CT molecular complexity index is 143. The van der Waals surface area contributed by atoms with Crippen molar-refractivity contribution >= 4 is 0 Å². The zero-order valence-electron chi connectivity index (χ0n) is 7.88. The van der Waals surface area contributed by atoms with Crippen molar-refractivity contribution in [3.05, 3.63) is 0 Å². The van der Waals surface area contributed by atoms with E-state index in [1.165, 1.54) is 32.2 Å². The van der Waals surface area contributed by atoms with Gasteiger partial charge in [-0.1, -0.05) is 6.92 Å². The van der Waals surface area contributed by atoms with Crippen molar-refractivity contribution in [2.45, 2.75) is 44.8 Å². The molecule has 2 aliphatic heterocycles. The van der Waals surface area contributed by atoms with Crippen molar-refractivity contribution in [2.24, 2.45) is 5.92 Å². The molecule has 0 radical (unpaired) electrons. The van der Waals surface area contributed by atoms with Crippen LogP contribution in [0.25, 0.3) is 0 Å². The summed E-state index contributed by atoms with van der Waals surface area (Å²) in [5, 5.41) is 3.58. The molecule has 12 heavy (non-hydrogen) atoms. The summed E-state index contributed by atoms with van der Waals surface area (Å²) in [7, 11) is 0. The molecule has 0 amide bonds. The molecule has 3 atom stereocenters. The Kier molecular flexibility index (Phi) is 2.66. The van der Waals surface area contributed by atoms with Crippen LogP contribution in [0.3, 0.4) is 0 Å². The van der Waals surface area contributed by atoms with Crippen molar-refractivity contribution in [1.82, 2.24) is 5.32 Å². The second kappa shape index (κ2) is 3.75. The van der Waals surface area contributed by atoms with Gasteiger partial charge in [0, 0.05) is 18.6 Å². The van der Waals surface area contributed by atoms with E-state index in [2.05, 4.69) is 12.2 Å². The van der Waals surface area contributed by atoms with E-state index < -0.39 is 0 Å². The summed E-state index contributed by atoms with van der Waals surface area (Å²) in [5.74, 6) is 0.803. The summed E-state index contributed by atoms with van der Waals surface area (Å²) in [6, 6.07) is 0.762. The lowest BCUT2D eigenvalue weighted by Gasteiger charge is -2.23. The average Bonchev–Trinajstić information content (AvgIpc) is 2.74. The third kappa shape index (κ3) is 1.50. The molecule has 2 heteroatoms. The number of hydrogen-bond donors (Lipinski definition) is 1. The van der Waals surface area contributed by atoms with Crippen LogP contribution in [0.1, 0.15) is 32.6 Å². The third-order valence-corrected chi connectivity index (χ3v) is 3.28. The standard InChI is InChI=1S/C10H19NO/c1-2-10-8(5-7-12-10)9-4-3-6-11-9/h8-11H,2-7H2,1H3. The highest BCUT2D eigenvalue weighted by atomic mass is 16.5. The van der Waals surface area contributed by atoms with Gasteiger partial charge in [-0.05, 0) is 32.2 Å². The Balaban J connectivity index is 1.92. The van der Waals surface area contributed by atoms with E-state index in [1.54, 1.807) is 0 Å². The first-order chi connectivity index (χ1) is 5.92. The molecule has 0 saturated carbocycles. The predicted molar refractivity (Wildman–Crippen MR) is 49.2 cm³/mol. The van der Waals surface area contributed by atoms with Crippen molar-refractivity contribution < 1.29 is 4.74 Å². The van der Waals surface area contributed by atoms with Gasteiger partial charge < -0.3 is 10.1 Å². The average molecular weight is 169 g/mol. The first-order valence-electron chi connectivity index (χ1n) is 5.27. The summed E-state index contributed by atoms with van der Waals surface area (Å²) in [5.41, 5.74) is 0. The quantitative estimate of drug-likeness (QED) is 0.677. The lowest BCUT2D eigenvalue weighted by Crippen LogP contribution is -2.35. The molecule has 0 aromatic heterocycles. The summed E-state index contributed by atoms with van der Waals surface area (Å²) in [4.78, 5) is 0. The number of ether oxygens (including phenoxy) is 1. The van der Waals surface area contributed by atoms with Crippen LogP contribution in [0, 0.1) is 5.92 Å². The topological polar surface area (TPSA) is 21.3 Å². The van der Waals surface area contributed by atoms with E-state index in [1.807, 2.05) is 0 Å². The normalized spacial score (nSPS) is 42.2. The fraction of sp³-hybridized carbons (Fsp3) is 1.00. The monoisotopic (exact) mass is 169 g/mol. The van der Waals surface area contributed by atoms with E-state index in [0.717, 1.165) is 18.6 Å². The molecule has 2 heterocycles. The molecular formula is C10H19NO. The molecule has 0 aliphatic carbocycles. The van der Waals surface area contributed by atoms with Crippen molar-refractivity contribution in [1.29, 1.82) is 0 Å². The Hall–Kier alpha value is -0.0800. The van der Waals surface area contributed by atoms with E-state index in [9.17, 15) is 0 Å². The van der Waals surface area contributed by atoms with Gasteiger partial charge in [0.05, 0.1) is 6.10 Å². The van der Waals surface area contributed by atoms with Gasteiger partial charge in [-0.3, -0.25) is 0 Å². The van der Waals surface area contributed by atoms with Gasteiger partial charge in [-0.15, -0.1) is 0 Å². The number of hydrogen-bond acceptors (Lipinski definition) is 2. The third-order valence-electron chi connectivity index (χ3n) is 3.28. The highest BCUT2D eigenvalue weighted by molar-refractivity contribution is 4.88. The van der Waals surface area contributed by atoms with Crippen LogP contribution in [0.5, 0.6) is 0 Å². The van der Waals surface area contributed by atoms with Crippen LogP contribution in [-0.2, 0) is 4.74 Å².